The molecule has 0 heterocycles. The van der Waals surface area contributed by atoms with Gasteiger partial charge in [-0.1, -0.05) is 30.3 Å². The van der Waals surface area contributed by atoms with Crippen molar-refractivity contribution in [2.75, 3.05) is 0 Å². The average Bonchev–Trinajstić information content (AvgIpc) is 2.45. The fraction of sp³-hybridized carbons (Fsp3) is 0.357. The number of primary amides is 1. The van der Waals surface area contributed by atoms with Gasteiger partial charge in [-0.05, 0) is 19.4 Å². The first-order chi connectivity index (χ1) is 9.90. The number of hydrogen-bond acceptors (Lipinski definition) is 4. The molecule has 21 heavy (non-hydrogen) atoms. The quantitative estimate of drug-likeness (QED) is 0.700. The smallest absolute Gasteiger partial charge is 0.408 e. The molecule has 0 aliphatic rings. The first kappa shape index (κ1) is 16.5. The minimum atomic E-state index is -0.838. The van der Waals surface area contributed by atoms with Crippen LogP contribution in [-0.4, -0.2) is 30.0 Å². The van der Waals surface area contributed by atoms with Crippen LogP contribution in [0.4, 0.5) is 4.79 Å². The highest BCUT2D eigenvalue weighted by Gasteiger charge is 2.19. The molecule has 0 aromatic heterocycles. The van der Waals surface area contributed by atoms with Crippen LogP contribution in [0, 0.1) is 0 Å². The van der Waals surface area contributed by atoms with Crippen LogP contribution in [0.5, 0.6) is 0 Å². The molecule has 0 bridgehead atoms. The van der Waals surface area contributed by atoms with Crippen molar-refractivity contribution in [3.05, 3.63) is 35.9 Å². The van der Waals surface area contributed by atoms with Gasteiger partial charge in [0, 0.05) is 0 Å². The molecule has 0 unspecified atom stereocenters. The van der Waals surface area contributed by atoms with E-state index in [1.807, 2.05) is 30.3 Å². The molecule has 2 atom stereocenters. The van der Waals surface area contributed by atoms with E-state index in [2.05, 4.69) is 10.6 Å². The molecule has 1 rings (SSSR count). The fourth-order valence-corrected chi connectivity index (χ4v) is 1.42. The summed E-state index contributed by atoms with van der Waals surface area (Å²) >= 11 is 0. The molecule has 1 aromatic carbocycles. The molecule has 3 amide bonds. The third-order valence-corrected chi connectivity index (χ3v) is 2.73. The molecule has 0 aliphatic carbocycles. The lowest BCUT2D eigenvalue weighted by molar-refractivity contribution is -0.127. The second-order valence-electron chi connectivity index (χ2n) is 4.56. The normalized spacial score (nSPS) is 12.9. The molecule has 0 radical (unpaired) electrons. The summed E-state index contributed by atoms with van der Waals surface area (Å²) in [6.07, 6.45) is -0.715. The van der Waals surface area contributed by atoms with E-state index in [1.165, 1.54) is 13.8 Å². The van der Waals surface area contributed by atoms with E-state index in [-0.39, 0.29) is 6.61 Å². The highest BCUT2D eigenvalue weighted by Crippen LogP contribution is 2.00. The Morgan fingerprint density at radius 1 is 1.10 bits per heavy atom. The van der Waals surface area contributed by atoms with Crippen molar-refractivity contribution in [1.29, 1.82) is 0 Å². The van der Waals surface area contributed by atoms with Gasteiger partial charge in [-0.15, -0.1) is 0 Å². The van der Waals surface area contributed by atoms with Crippen molar-refractivity contribution < 1.29 is 19.1 Å². The van der Waals surface area contributed by atoms with Crippen molar-refractivity contribution in [1.82, 2.24) is 10.6 Å². The molecule has 4 N–H and O–H groups in total. The van der Waals surface area contributed by atoms with E-state index in [9.17, 15) is 14.4 Å². The van der Waals surface area contributed by atoms with Crippen LogP contribution in [0.15, 0.2) is 30.3 Å². The lowest BCUT2D eigenvalue weighted by atomic mass is 10.2. The number of ether oxygens (including phenoxy) is 1. The molecule has 114 valence electrons. The Bertz CT molecular complexity index is 504. The van der Waals surface area contributed by atoms with Gasteiger partial charge in [-0.2, -0.15) is 0 Å². The lowest BCUT2D eigenvalue weighted by Gasteiger charge is -2.16. The van der Waals surface area contributed by atoms with Gasteiger partial charge in [0.2, 0.25) is 11.8 Å². The first-order valence-electron chi connectivity index (χ1n) is 6.47. The maximum atomic E-state index is 11.7. The van der Waals surface area contributed by atoms with Crippen LogP contribution < -0.4 is 16.4 Å². The SMILES string of the molecule is C[C@H](NC(=O)[C@H](C)NC(=O)OCc1ccccc1)C(N)=O. The molecule has 0 fully saturated rings. The second kappa shape index (κ2) is 7.88. The van der Waals surface area contributed by atoms with Gasteiger partial charge in [0.15, 0.2) is 0 Å². The zero-order valence-electron chi connectivity index (χ0n) is 12.0. The minimum Gasteiger partial charge on any atom is -0.445 e. The van der Waals surface area contributed by atoms with E-state index in [4.69, 9.17) is 10.5 Å². The molecule has 0 aliphatic heterocycles. The zero-order valence-corrected chi connectivity index (χ0v) is 12.0. The van der Waals surface area contributed by atoms with E-state index >= 15 is 0 Å². The van der Waals surface area contributed by atoms with Crippen LogP contribution >= 0.6 is 0 Å². The van der Waals surface area contributed by atoms with Crippen molar-refractivity contribution in [2.24, 2.45) is 5.73 Å². The van der Waals surface area contributed by atoms with Gasteiger partial charge in [0.1, 0.15) is 18.7 Å². The molecule has 1 aromatic rings. The number of rotatable bonds is 6. The number of amides is 3. The highest BCUT2D eigenvalue weighted by atomic mass is 16.5. The Morgan fingerprint density at radius 3 is 2.29 bits per heavy atom. The van der Waals surface area contributed by atoms with Crippen LogP contribution in [0.1, 0.15) is 19.4 Å². The number of hydrogen-bond donors (Lipinski definition) is 3. The average molecular weight is 293 g/mol. The summed E-state index contributed by atoms with van der Waals surface area (Å²) in [6.45, 7) is 3.05. The third-order valence-electron chi connectivity index (χ3n) is 2.73. The summed E-state index contributed by atoms with van der Waals surface area (Å²) in [5.41, 5.74) is 5.87. The van der Waals surface area contributed by atoms with Crippen LogP contribution in [0.25, 0.3) is 0 Å². The Kier molecular flexibility index (Phi) is 6.19. The summed E-state index contributed by atoms with van der Waals surface area (Å²) in [6, 6.07) is 7.51. The Hall–Kier alpha value is -2.57. The maximum absolute atomic E-state index is 11.7. The molecule has 0 saturated heterocycles. The van der Waals surface area contributed by atoms with Gasteiger partial charge < -0.3 is 21.1 Å². The van der Waals surface area contributed by atoms with Gasteiger partial charge in [-0.3, -0.25) is 9.59 Å². The second-order valence-corrected chi connectivity index (χ2v) is 4.56. The first-order valence-corrected chi connectivity index (χ1v) is 6.47. The lowest BCUT2D eigenvalue weighted by Crippen LogP contribution is -2.50. The molecule has 0 saturated carbocycles. The number of benzene rings is 1. The van der Waals surface area contributed by atoms with Crippen LogP contribution in [0.3, 0.4) is 0 Å². The predicted molar refractivity (Wildman–Crippen MR) is 76.0 cm³/mol. The van der Waals surface area contributed by atoms with Gasteiger partial charge >= 0.3 is 6.09 Å². The highest BCUT2D eigenvalue weighted by molar-refractivity contribution is 5.90. The summed E-state index contributed by atoms with van der Waals surface area (Å²) in [5, 5.41) is 4.74. The largest absolute Gasteiger partial charge is 0.445 e. The fourth-order valence-electron chi connectivity index (χ4n) is 1.42. The third kappa shape index (κ3) is 5.94. The molecule has 7 nitrogen and oxygen atoms in total. The Labute approximate surface area is 122 Å². The summed E-state index contributed by atoms with van der Waals surface area (Å²) in [4.78, 5) is 34.1. The minimum absolute atomic E-state index is 0.110. The Morgan fingerprint density at radius 2 is 1.71 bits per heavy atom. The number of carbonyl (C=O) groups is 3. The standard InChI is InChI=1S/C14H19N3O4/c1-9(12(15)18)16-13(19)10(2)17-14(20)21-8-11-6-4-3-5-7-11/h3-7,9-10H,8H2,1-2H3,(H2,15,18)(H,16,19)(H,17,20)/t9-,10-/m0/s1. The summed E-state index contributed by atoms with van der Waals surface area (Å²) in [7, 11) is 0. The number of nitrogens with two attached hydrogens (primary N) is 1. The number of alkyl carbamates (subject to hydrolysis) is 1. The summed E-state index contributed by atoms with van der Waals surface area (Å²) in [5.74, 6) is -1.17. The van der Waals surface area contributed by atoms with Crippen molar-refractivity contribution in [2.45, 2.75) is 32.5 Å². The van der Waals surface area contributed by atoms with Gasteiger partial charge in [0.05, 0.1) is 0 Å². The van der Waals surface area contributed by atoms with E-state index < -0.39 is 30.0 Å². The summed E-state index contributed by atoms with van der Waals surface area (Å²) < 4.78 is 4.98. The van der Waals surface area contributed by atoms with Crippen LogP contribution in [-0.2, 0) is 20.9 Å². The topological polar surface area (TPSA) is 111 Å². The van der Waals surface area contributed by atoms with Crippen LogP contribution in [0.2, 0.25) is 0 Å². The van der Waals surface area contributed by atoms with Gasteiger partial charge in [0.25, 0.3) is 0 Å². The monoisotopic (exact) mass is 293 g/mol. The predicted octanol–water partition coefficient (Wildman–Crippen LogP) is 0.291. The van der Waals surface area contributed by atoms with E-state index in [0.29, 0.717) is 0 Å². The molecular weight excluding hydrogens is 274 g/mol. The Balaban J connectivity index is 2.36. The van der Waals surface area contributed by atoms with E-state index in [0.717, 1.165) is 5.56 Å². The maximum Gasteiger partial charge on any atom is 0.408 e. The van der Waals surface area contributed by atoms with Crippen molar-refractivity contribution >= 4 is 17.9 Å². The van der Waals surface area contributed by atoms with Crippen molar-refractivity contribution in [3.63, 3.8) is 0 Å². The number of nitrogens with one attached hydrogen (secondary N) is 2. The van der Waals surface area contributed by atoms with E-state index in [1.54, 1.807) is 0 Å². The number of carbonyl (C=O) groups excluding carboxylic acids is 3. The molecule has 7 heteroatoms. The zero-order chi connectivity index (χ0) is 15.8. The van der Waals surface area contributed by atoms with Crippen molar-refractivity contribution in [3.8, 4) is 0 Å². The van der Waals surface area contributed by atoms with Gasteiger partial charge in [-0.25, -0.2) is 4.79 Å². The molecular formula is C14H19N3O4. The molecule has 0 spiro atoms.